The van der Waals surface area contributed by atoms with Gasteiger partial charge in [-0.25, -0.2) is 0 Å². The van der Waals surface area contributed by atoms with Gasteiger partial charge in [-0.05, 0) is 91.3 Å². The molecule has 0 aromatic rings. The molecule has 0 heterocycles. The smallest absolute Gasteiger partial charge is 0.293 e. The maximum atomic E-state index is 12.9. The minimum Gasteiger partial charge on any atom is -0.482 e. The van der Waals surface area contributed by atoms with Gasteiger partial charge in [0.15, 0.2) is 0 Å². The number of hydrogen-bond donors (Lipinski definition) is 3. The van der Waals surface area contributed by atoms with Crippen LogP contribution in [0.3, 0.4) is 0 Å². The van der Waals surface area contributed by atoms with Crippen molar-refractivity contribution in [3.05, 3.63) is 0 Å². The molecule has 3 N–H and O–H groups in total. The molecule has 0 spiro atoms. The van der Waals surface area contributed by atoms with E-state index in [9.17, 15) is 20.1 Å². The van der Waals surface area contributed by atoms with E-state index in [-0.39, 0.29) is 39.1 Å². The van der Waals surface area contributed by atoms with Gasteiger partial charge >= 0.3 is 0 Å². The van der Waals surface area contributed by atoms with Gasteiger partial charge in [0.25, 0.3) is 5.97 Å². The zero-order chi connectivity index (χ0) is 28.0. The van der Waals surface area contributed by atoms with Crippen LogP contribution in [-0.4, -0.2) is 95.7 Å². The van der Waals surface area contributed by atoms with E-state index >= 15 is 0 Å². The molecule has 0 aromatic carbocycles. The van der Waals surface area contributed by atoms with Gasteiger partial charge in [-0.3, -0.25) is 4.79 Å². The van der Waals surface area contributed by atoms with Gasteiger partial charge in [0.1, 0.15) is 23.5 Å². The van der Waals surface area contributed by atoms with Crippen molar-refractivity contribution < 1.29 is 20.1 Å². The molecule has 0 aromatic heterocycles. The largest absolute Gasteiger partial charge is 0.482 e. The van der Waals surface area contributed by atoms with Crippen LogP contribution in [0.25, 0.3) is 0 Å². The summed E-state index contributed by atoms with van der Waals surface area (Å²) in [5.74, 6) is 1.49. The highest BCUT2D eigenvalue weighted by Gasteiger charge is 2.70. The lowest BCUT2D eigenvalue weighted by molar-refractivity contribution is -0.222. The van der Waals surface area contributed by atoms with Gasteiger partial charge in [-0.1, -0.05) is 31.9 Å². The van der Waals surface area contributed by atoms with Crippen molar-refractivity contribution in [1.29, 1.82) is 0 Å². The lowest BCUT2D eigenvalue weighted by Gasteiger charge is -2.71. The zero-order valence-electron chi connectivity index (χ0n) is 25.7. The van der Waals surface area contributed by atoms with Crippen LogP contribution in [0.15, 0.2) is 0 Å². The number of rotatable bonds is 6. The Morgan fingerprint density at radius 3 is 2.03 bits per heavy atom. The molecule has 0 radical (unpaired) electrons. The van der Waals surface area contributed by atoms with Crippen molar-refractivity contribution in [2.24, 2.45) is 46.3 Å². The molecule has 0 bridgehead atoms. The molecule has 4 aliphatic rings. The second-order valence-corrected chi connectivity index (χ2v) is 17.0. The predicted molar refractivity (Wildman–Crippen MR) is 174 cm³/mol. The van der Waals surface area contributed by atoms with Crippen LogP contribution in [0.4, 0.5) is 0 Å². The third-order valence-electron chi connectivity index (χ3n) is 13.8. The van der Waals surface area contributed by atoms with Crippen molar-refractivity contribution in [3.8, 4) is 0 Å². The summed E-state index contributed by atoms with van der Waals surface area (Å²) in [6.07, 6.45) is 8.83. The lowest BCUT2D eigenvalue weighted by atomic mass is 9.16. The molecule has 10 atom stereocenters. The first-order valence-electron chi connectivity index (χ1n) is 15.3. The molecule has 198 valence electrons. The van der Waals surface area contributed by atoms with E-state index in [0.717, 1.165) is 51.4 Å². The molecular weight excluding hydrogens is 451 g/mol. The number of hydrogen-bond acceptors (Lipinski definition) is 3. The van der Waals surface area contributed by atoms with E-state index < -0.39 is 16.7 Å². The highest BCUT2D eigenvalue weighted by atomic mass is 16.4. The number of carbonyl (C=O) groups is 1. The minimum atomic E-state index is -0.801. The standard InChI is InChI=1S/C25H50B8O4/c1-20-9-7-15-17(14(20)4-3-12(20)5-10-22(26,27)19(35)36)23(28,37)18(24(29,30)25(31,32)33)16-11-13(34)6-8-21(15,16)2/h12-18,34,37H,3-11,26-33H2,1-2H3,(H,35,36)/t12-,13-,14+,15+,16+,17+,18-,20-,21-,23+/m1/s1. The molecule has 4 saturated carbocycles. The van der Waals surface area contributed by atoms with Gasteiger partial charge in [0.05, 0.1) is 45.3 Å². The monoisotopic (exact) mass is 502 g/mol. The number of carboxylic acid groups (broad SMARTS) is 1. The fraction of sp³-hybridized carbons (Fsp3) is 0.960. The van der Waals surface area contributed by atoms with E-state index in [1.54, 1.807) is 0 Å². The maximum Gasteiger partial charge on any atom is 0.293 e. The quantitative estimate of drug-likeness (QED) is 0.335. The molecule has 37 heavy (non-hydrogen) atoms. The van der Waals surface area contributed by atoms with Gasteiger partial charge < -0.3 is 15.3 Å². The van der Waals surface area contributed by atoms with Crippen molar-refractivity contribution in [1.82, 2.24) is 0 Å². The Morgan fingerprint density at radius 1 is 0.892 bits per heavy atom. The van der Waals surface area contributed by atoms with Gasteiger partial charge in [0.2, 0.25) is 0 Å². The topological polar surface area (TPSA) is 77.8 Å². The summed E-state index contributed by atoms with van der Waals surface area (Å²) in [5.41, 5.74) is -0.498. The Balaban J connectivity index is 1.75. The zero-order valence-corrected chi connectivity index (χ0v) is 25.7. The number of aliphatic hydroxyl groups is 2. The van der Waals surface area contributed by atoms with E-state index in [1.807, 2.05) is 15.7 Å². The maximum absolute atomic E-state index is 12.9. The first-order chi connectivity index (χ1) is 16.7. The molecule has 12 heteroatoms. The fourth-order valence-electron chi connectivity index (χ4n) is 10.6. The molecule has 4 fully saturated rings. The molecule has 4 nitrogen and oxygen atoms in total. The minimum absolute atomic E-state index is 0.0242. The third kappa shape index (κ3) is 4.49. The van der Waals surface area contributed by atoms with Crippen LogP contribution in [0.1, 0.15) is 71.6 Å². The van der Waals surface area contributed by atoms with Gasteiger partial charge in [-0.2, -0.15) is 0 Å². The summed E-state index contributed by atoms with van der Waals surface area (Å²) in [6.45, 7) is 5.00. The highest BCUT2D eigenvalue weighted by molar-refractivity contribution is 6.67. The Morgan fingerprint density at radius 2 is 1.46 bits per heavy atom. The molecule has 0 unspecified atom stereocenters. The summed E-state index contributed by atoms with van der Waals surface area (Å²) >= 11 is 0. The molecule has 4 rings (SSSR count). The van der Waals surface area contributed by atoms with Gasteiger partial charge in [0, 0.05) is 10.7 Å². The Labute approximate surface area is 233 Å². The van der Waals surface area contributed by atoms with E-state index in [2.05, 4.69) is 60.9 Å². The summed E-state index contributed by atoms with van der Waals surface area (Å²) in [4.78, 5) is 11.8. The van der Waals surface area contributed by atoms with Crippen LogP contribution >= 0.6 is 0 Å². The van der Waals surface area contributed by atoms with Gasteiger partial charge in [-0.15, -0.1) is 5.11 Å². The second-order valence-electron chi connectivity index (χ2n) is 17.0. The average molecular weight is 501 g/mol. The van der Waals surface area contributed by atoms with E-state index in [4.69, 9.17) is 0 Å². The van der Waals surface area contributed by atoms with Crippen LogP contribution in [-0.2, 0) is 4.79 Å². The third-order valence-corrected chi connectivity index (χ3v) is 13.8. The molecule has 4 aliphatic carbocycles. The van der Waals surface area contributed by atoms with Crippen molar-refractivity contribution in [3.63, 3.8) is 0 Å². The van der Waals surface area contributed by atoms with Crippen molar-refractivity contribution >= 4 is 68.7 Å². The number of aliphatic carboxylic acids is 1. The number of aliphatic hydroxyl groups excluding tert-OH is 1. The first kappa shape index (κ1) is 29.9. The van der Waals surface area contributed by atoms with E-state index in [0.29, 0.717) is 23.7 Å². The number of carboxylic acids is 1. The van der Waals surface area contributed by atoms with Crippen LogP contribution in [0.5, 0.6) is 0 Å². The van der Waals surface area contributed by atoms with Crippen LogP contribution < -0.4 is 0 Å². The molecular formula is C25H50B8O4. The Hall–Kier alpha value is -0.0905. The molecule has 0 amide bonds. The first-order valence-corrected chi connectivity index (χ1v) is 15.3. The number of fused-ring (bicyclic) bond motifs is 5. The summed E-state index contributed by atoms with van der Waals surface area (Å²) in [7, 11) is 17.6. The van der Waals surface area contributed by atoms with Crippen LogP contribution in [0.2, 0.25) is 15.5 Å². The van der Waals surface area contributed by atoms with Crippen molar-refractivity contribution in [2.75, 3.05) is 0 Å². The second kappa shape index (κ2) is 9.22. The lowest BCUT2D eigenvalue weighted by Crippen LogP contribution is -2.71. The summed E-state index contributed by atoms with van der Waals surface area (Å²) in [6, 6.07) is 0. The Bertz CT molecular complexity index is 908. The molecule has 0 saturated heterocycles. The van der Waals surface area contributed by atoms with Crippen molar-refractivity contribution in [2.45, 2.75) is 98.8 Å². The fourth-order valence-corrected chi connectivity index (χ4v) is 10.6. The normalized spacial score (nSPS) is 46.4. The van der Waals surface area contributed by atoms with E-state index in [1.165, 1.54) is 6.42 Å². The van der Waals surface area contributed by atoms with Crippen LogP contribution in [0, 0.1) is 46.3 Å². The Kier molecular flexibility index (Phi) is 7.44. The summed E-state index contributed by atoms with van der Waals surface area (Å²) < 4.78 is 0. The average Bonchev–Trinajstić information content (AvgIpc) is 3.08. The SMILES string of the molecule is BC(B)(CC[C@H]1CC[C@H]2[C@H]3[C@H](CC[C@]12C)[C@@]1(C)CC[C@@H](O)C[C@H]1[C@@H](C(B)(B)C(B)(B)B)[C@@]3(B)O)C(=O)O. The predicted octanol–water partition coefficient (Wildman–Crippen LogP) is -3.23. The highest BCUT2D eigenvalue weighted by Crippen LogP contribution is 2.73. The molecule has 0 aliphatic heterocycles. The summed E-state index contributed by atoms with van der Waals surface area (Å²) in [5, 5.41) is 32.7.